The van der Waals surface area contributed by atoms with Crippen molar-refractivity contribution in [3.63, 3.8) is 0 Å². The molecule has 1 N–H and O–H groups in total. The first-order valence-electron chi connectivity index (χ1n) is 6.72. The van der Waals surface area contributed by atoms with Crippen molar-refractivity contribution in [2.75, 3.05) is 6.54 Å². The summed E-state index contributed by atoms with van der Waals surface area (Å²) in [4.78, 5) is 13.3. The largest absolute Gasteiger partial charge is 0.479 e. The zero-order valence-corrected chi connectivity index (χ0v) is 10.8. The van der Waals surface area contributed by atoms with E-state index < -0.39 is 12.1 Å². The van der Waals surface area contributed by atoms with E-state index in [0.717, 1.165) is 13.0 Å². The van der Waals surface area contributed by atoms with Gasteiger partial charge < -0.3 is 9.84 Å². The minimum Gasteiger partial charge on any atom is -0.479 e. The Kier molecular flexibility index (Phi) is 4.05. The maximum Gasteiger partial charge on any atom is 0.332 e. The Balaban J connectivity index is 1.86. The molecule has 4 nitrogen and oxygen atoms in total. The molecule has 0 amide bonds. The molecule has 98 valence electrons. The molecule has 4 heteroatoms. The third kappa shape index (κ3) is 2.99. The molecular weight excluding hydrogens is 218 g/mol. The van der Waals surface area contributed by atoms with Gasteiger partial charge in [0.1, 0.15) is 0 Å². The van der Waals surface area contributed by atoms with E-state index in [1.54, 1.807) is 0 Å². The number of rotatable bonds is 3. The lowest BCUT2D eigenvalue weighted by Gasteiger charge is -2.40. The summed E-state index contributed by atoms with van der Waals surface area (Å²) in [5.41, 5.74) is 0. The first-order chi connectivity index (χ1) is 8.08. The van der Waals surface area contributed by atoms with Crippen molar-refractivity contribution in [2.24, 2.45) is 0 Å². The Labute approximate surface area is 103 Å². The Morgan fingerprint density at radius 3 is 2.41 bits per heavy atom. The molecule has 2 rings (SSSR count). The summed E-state index contributed by atoms with van der Waals surface area (Å²) in [6, 6.07) is 1.21. The van der Waals surface area contributed by atoms with E-state index in [1.165, 1.54) is 19.3 Å². The van der Waals surface area contributed by atoms with Crippen LogP contribution in [-0.2, 0) is 9.53 Å². The van der Waals surface area contributed by atoms with Gasteiger partial charge >= 0.3 is 5.97 Å². The summed E-state index contributed by atoms with van der Waals surface area (Å²) in [6.07, 6.45) is 4.89. The average molecular weight is 241 g/mol. The highest BCUT2D eigenvalue weighted by molar-refractivity contribution is 5.72. The topological polar surface area (TPSA) is 49.8 Å². The van der Waals surface area contributed by atoms with E-state index in [0.29, 0.717) is 18.5 Å². The van der Waals surface area contributed by atoms with E-state index in [2.05, 4.69) is 18.7 Å². The highest BCUT2D eigenvalue weighted by Crippen LogP contribution is 2.26. The molecule has 2 fully saturated rings. The number of ether oxygens (including phenoxy) is 1. The molecule has 4 atom stereocenters. The number of carbonyl (C=O) groups is 1. The number of aliphatic carboxylic acids is 1. The number of hydrogen-bond acceptors (Lipinski definition) is 3. The Bertz CT molecular complexity index is 272. The molecule has 0 aromatic heterocycles. The van der Waals surface area contributed by atoms with Crippen molar-refractivity contribution >= 4 is 5.97 Å². The summed E-state index contributed by atoms with van der Waals surface area (Å²) in [7, 11) is 0. The van der Waals surface area contributed by atoms with Crippen LogP contribution in [0.5, 0.6) is 0 Å². The zero-order valence-electron chi connectivity index (χ0n) is 10.8. The number of piperidine rings is 1. The molecule has 2 heterocycles. The predicted molar refractivity (Wildman–Crippen MR) is 65.0 cm³/mol. The Morgan fingerprint density at radius 1 is 1.24 bits per heavy atom. The van der Waals surface area contributed by atoms with Crippen molar-refractivity contribution in [3.05, 3.63) is 0 Å². The van der Waals surface area contributed by atoms with Crippen LogP contribution in [0.2, 0.25) is 0 Å². The second-order valence-corrected chi connectivity index (χ2v) is 5.49. The van der Waals surface area contributed by atoms with Crippen molar-refractivity contribution < 1.29 is 14.6 Å². The van der Waals surface area contributed by atoms with Gasteiger partial charge in [0.25, 0.3) is 0 Å². The number of nitrogens with zero attached hydrogens (tertiary/aromatic N) is 1. The van der Waals surface area contributed by atoms with Crippen LogP contribution in [0.25, 0.3) is 0 Å². The standard InChI is InChI=1S/C13H23NO3/c1-9-4-3-5-10(2)14(9)8-11-6-7-12(17-11)13(15)16/h9-12H,3-8H2,1-2H3,(H,15,16). The van der Waals surface area contributed by atoms with E-state index in [4.69, 9.17) is 9.84 Å². The van der Waals surface area contributed by atoms with Gasteiger partial charge in [0.2, 0.25) is 0 Å². The molecule has 2 aliphatic rings. The molecule has 0 aromatic carbocycles. The first-order valence-corrected chi connectivity index (χ1v) is 6.72. The summed E-state index contributed by atoms with van der Waals surface area (Å²) in [6.45, 7) is 5.42. The monoisotopic (exact) mass is 241 g/mol. The predicted octanol–water partition coefficient (Wildman–Crippen LogP) is 1.88. The van der Waals surface area contributed by atoms with Gasteiger partial charge in [-0.25, -0.2) is 4.79 Å². The minimum atomic E-state index is -0.813. The van der Waals surface area contributed by atoms with Gasteiger partial charge in [-0.1, -0.05) is 6.42 Å². The molecular formula is C13H23NO3. The van der Waals surface area contributed by atoms with Gasteiger partial charge in [-0.05, 0) is 39.5 Å². The molecule has 0 radical (unpaired) electrons. The normalized spacial score (nSPS) is 39.4. The van der Waals surface area contributed by atoms with Crippen molar-refractivity contribution in [1.29, 1.82) is 0 Å². The molecule has 2 saturated heterocycles. The summed E-state index contributed by atoms with van der Waals surface area (Å²) in [5.74, 6) is -0.813. The molecule has 0 saturated carbocycles. The third-order valence-electron chi connectivity index (χ3n) is 4.17. The van der Waals surface area contributed by atoms with E-state index in [9.17, 15) is 4.79 Å². The molecule has 0 aromatic rings. The quantitative estimate of drug-likeness (QED) is 0.819. The Hall–Kier alpha value is -0.610. The van der Waals surface area contributed by atoms with Gasteiger partial charge in [-0.15, -0.1) is 0 Å². The van der Waals surface area contributed by atoms with Gasteiger partial charge in [-0.3, -0.25) is 4.90 Å². The molecule has 0 aliphatic carbocycles. The molecule has 0 spiro atoms. The van der Waals surface area contributed by atoms with Crippen LogP contribution in [0.15, 0.2) is 0 Å². The van der Waals surface area contributed by atoms with Crippen LogP contribution in [0.3, 0.4) is 0 Å². The Morgan fingerprint density at radius 2 is 1.88 bits per heavy atom. The van der Waals surface area contributed by atoms with Crippen LogP contribution >= 0.6 is 0 Å². The fourth-order valence-electron chi connectivity index (χ4n) is 3.09. The first kappa shape index (κ1) is 12.8. The molecule has 4 unspecified atom stereocenters. The van der Waals surface area contributed by atoms with Crippen LogP contribution in [-0.4, -0.2) is 46.8 Å². The number of likely N-dealkylation sites (tertiary alicyclic amines) is 1. The maximum atomic E-state index is 10.8. The van der Waals surface area contributed by atoms with E-state index >= 15 is 0 Å². The smallest absolute Gasteiger partial charge is 0.332 e. The second-order valence-electron chi connectivity index (χ2n) is 5.49. The number of carboxylic acid groups (broad SMARTS) is 1. The summed E-state index contributed by atoms with van der Waals surface area (Å²) < 4.78 is 5.58. The van der Waals surface area contributed by atoms with Gasteiger partial charge in [0.15, 0.2) is 6.10 Å². The fourth-order valence-corrected chi connectivity index (χ4v) is 3.09. The average Bonchev–Trinajstić information content (AvgIpc) is 2.72. The van der Waals surface area contributed by atoms with Gasteiger partial charge in [0, 0.05) is 18.6 Å². The lowest BCUT2D eigenvalue weighted by Crippen LogP contribution is -2.47. The van der Waals surface area contributed by atoms with E-state index in [-0.39, 0.29) is 6.10 Å². The van der Waals surface area contributed by atoms with E-state index in [1.807, 2.05) is 0 Å². The maximum absolute atomic E-state index is 10.8. The van der Waals surface area contributed by atoms with Crippen molar-refractivity contribution in [1.82, 2.24) is 4.90 Å². The van der Waals surface area contributed by atoms with Crippen LogP contribution < -0.4 is 0 Å². The summed E-state index contributed by atoms with van der Waals surface area (Å²) in [5, 5.41) is 8.90. The zero-order chi connectivity index (χ0) is 12.4. The second kappa shape index (κ2) is 5.36. The van der Waals surface area contributed by atoms with Crippen molar-refractivity contribution in [3.8, 4) is 0 Å². The highest BCUT2D eigenvalue weighted by atomic mass is 16.5. The van der Waals surface area contributed by atoms with Crippen LogP contribution in [0.1, 0.15) is 46.0 Å². The lowest BCUT2D eigenvalue weighted by atomic mass is 9.97. The van der Waals surface area contributed by atoms with Gasteiger partial charge in [-0.2, -0.15) is 0 Å². The fraction of sp³-hybridized carbons (Fsp3) is 0.923. The van der Waals surface area contributed by atoms with Crippen LogP contribution in [0, 0.1) is 0 Å². The third-order valence-corrected chi connectivity index (χ3v) is 4.17. The molecule has 0 bridgehead atoms. The highest BCUT2D eigenvalue weighted by Gasteiger charge is 2.34. The number of carboxylic acids is 1. The molecule has 17 heavy (non-hydrogen) atoms. The van der Waals surface area contributed by atoms with Crippen LogP contribution in [0.4, 0.5) is 0 Å². The van der Waals surface area contributed by atoms with Gasteiger partial charge in [0.05, 0.1) is 6.10 Å². The minimum absolute atomic E-state index is 0.110. The van der Waals surface area contributed by atoms with Crippen molar-refractivity contribution in [2.45, 2.75) is 70.2 Å². The lowest BCUT2D eigenvalue weighted by molar-refractivity contribution is -0.150. The molecule has 2 aliphatic heterocycles. The summed E-state index contributed by atoms with van der Waals surface area (Å²) >= 11 is 0. The number of hydrogen-bond donors (Lipinski definition) is 1. The SMILES string of the molecule is CC1CCCC(C)N1CC1CCC(C(=O)O)O1.